The van der Waals surface area contributed by atoms with E-state index < -0.39 is 0 Å². The lowest BCUT2D eigenvalue weighted by Crippen LogP contribution is -2.49. The minimum Gasteiger partial charge on any atom is -0.383 e. The Morgan fingerprint density at radius 2 is 2.28 bits per heavy atom. The molecule has 0 bridgehead atoms. The van der Waals surface area contributed by atoms with Crippen molar-refractivity contribution in [2.45, 2.75) is 37.5 Å². The van der Waals surface area contributed by atoms with Crippen molar-refractivity contribution in [3.63, 3.8) is 0 Å². The van der Waals surface area contributed by atoms with E-state index in [1.54, 1.807) is 20.4 Å². The summed E-state index contributed by atoms with van der Waals surface area (Å²) in [4.78, 5) is 0. The molecule has 1 fully saturated rings. The minimum atomic E-state index is -0.283. The van der Waals surface area contributed by atoms with E-state index >= 15 is 0 Å². The maximum atomic E-state index is 6.35. The van der Waals surface area contributed by atoms with Crippen molar-refractivity contribution in [2.24, 2.45) is 5.73 Å². The van der Waals surface area contributed by atoms with Gasteiger partial charge in [0.1, 0.15) is 0 Å². The van der Waals surface area contributed by atoms with Gasteiger partial charge in [0.25, 0.3) is 0 Å². The third-order valence-corrected chi connectivity index (χ3v) is 4.10. The van der Waals surface area contributed by atoms with E-state index in [9.17, 15) is 0 Å². The Bertz CT molecular complexity index is 399. The molecule has 1 heterocycles. The van der Waals surface area contributed by atoms with E-state index in [-0.39, 0.29) is 11.6 Å². The summed E-state index contributed by atoms with van der Waals surface area (Å²) in [5.41, 5.74) is 6.91. The normalized spacial score (nSPS) is 19.6. The summed E-state index contributed by atoms with van der Waals surface area (Å²) < 4.78 is 12.5. The summed E-state index contributed by atoms with van der Waals surface area (Å²) in [7, 11) is 3.37. The fourth-order valence-corrected chi connectivity index (χ4v) is 2.71. The lowest BCUT2D eigenvalue weighted by Gasteiger charge is -2.45. The molecule has 1 aromatic rings. The molecule has 1 saturated carbocycles. The molecule has 18 heavy (non-hydrogen) atoms. The van der Waals surface area contributed by atoms with Crippen molar-refractivity contribution in [1.29, 1.82) is 0 Å². The molecule has 1 atom stereocenters. The van der Waals surface area contributed by atoms with E-state index in [0.717, 1.165) is 25.0 Å². The molecule has 0 aliphatic heterocycles. The summed E-state index contributed by atoms with van der Waals surface area (Å²) in [5, 5.41) is 4.85. The van der Waals surface area contributed by atoms with Gasteiger partial charge in [-0.1, -0.05) is 11.6 Å². The minimum absolute atomic E-state index is 0.247. The molecule has 1 aliphatic carbocycles. The quantitative estimate of drug-likeness (QED) is 0.858. The van der Waals surface area contributed by atoms with E-state index in [1.807, 2.05) is 4.68 Å². The predicted octanol–water partition coefficient (Wildman–Crippen LogP) is 1.75. The topological polar surface area (TPSA) is 62.3 Å². The number of methoxy groups -OCH3 is 2. The first-order chi connectivity index (χ1) is 8.64. The first-order valence-corrected chi connectivity index (χ1v) is 6.53. The van der Waals surface area contributed by atoms with Gasteiger partial charge in [0, 0.05) is 14.2 Å². The molecule has 0 amide bonds. The smallest absolute Gasteiger partial charge is 0.0886 e. The second-order valence-electron chi connectivity index (χ2n) is 4.69. The standard InChI is InChI=1S/C12H20ClN3O2/c1-17-7-6-16-10(9(13)8-15-16)11(14)12(18-2)4-3-5-12/h8,11H,3-7,14H2,1-2H3. The van der Waals surface area contributed by atoms with Crippen LogP contribution in [0.15, 0.2) is 6.20 Å². The predicted molar refractivity (Wildman–Crippen MR) is 69.6 cm³/mol. The van der Waals surface area contributed by atoms with Gasteiger partial charge in [-0.05, 0) is 19.3 Å². The first-order valence-electron chi connectivity index (χ1n) is 6.15. The molecular formula is C12H20ClN3O2. The molecule has 2 N–H and O–H groups in total. The molecule has 0 saturated heterocycles. The average Bonchev–Trinajstić information content (AvgIpc) is 2.67. The zero-order chi connectivity index (χ0) is 13.2. The van der Waals surface area contributed by atoms with Crippen molar-refractivity contribution in [3.05, 3.63) is 16.9 Å². The van der Waals surface area contributed by atoms with Crippen molar-refractivity contribution >= 4 is 11.6 Å². The van der Waals surface area contributed by atoms with E-state index in [0.29, 0.717) is 18.2 Å². The Hall–Kier alpha value is -0.620. The van der Waals surface area contributed by atoms with Gasteiger partial charge in [-0.15, -0.1) is 0 Å². The van der Waals surface area contributed by atoms with Crippen LogP contribution in [-0.2, 0) is 16.0 Å². The van der Waals surface area contributed by atoms with E-state index in [1.165, 1.54) is 0 Å². The molecule has 1 aliphatic rings. The van der Waals surface area contributed by atoms with Crippen LogP contribution in [0.5, 0.6) is 0 Å². The van der Waals surface area contributed by atoms with Gasteiger partial charge in [0.2, 0.25) is 0 Å². The largest absolute Gasteiger partial charge is 0.383 e. The van der Waals surface area contributed by atoms with Gasteiger partial charge in [0.05, 0.1) is 41.7 Å². The fraction of sp³-hybridized carbons (Fsp3) is 0.750. The van der Waals surface area contributed by atoms with Crippen LogP contribution in [0.2, 0.25) is 5.02 Å². The average molecular weight is 274 g/mol. The number of hydrogen-bond donors (Lipinski definition) is 1. The Balaban J connectivity index is 2.23. The number of halogens is 1. The number of ether oxygens (including phenoxy) is 2. The lowest BCUT2D eigenvalue weighted by molar-refractivity contribution is -0.0928. The third-order valence-electron chi connectivity index (χ3n) is 3.81. The fourth-order valence-electron chi connectivity index (χ4n) is 2.45. The molecule has 5 nitrogen and oxygen atoms in total. The molecule has 102 valence electrons. The first kappa shape index (κ1) is 13.8. The molecule has 6 heteroatoms. The number of rotatable bonds is 6. The van der Waals surface area contributed by atoms with Gasteiger partial charge in [-0.2, -0.15) is 5.10 Å². The maximum Gasteiger partial charge on any atom is 0.0886 e. The van der Waals surface area contributed by atoms with Crippen LogP contribution in [0.1, 0.15) is 31.0 Å². The number of hydrogen-bond acceptors (Lipinski definition) is 4. The van der Waals surface area contributed by atoms with E-state index in [2.05, 4.69) is 5.10 Å². The monoisotopic (exact) mass is 273 g/mol. The zero-order valence-corrected chi connectivity index (χ0v) is 11.6. The van der Waals surface area contributed by atoms with Crippen LogP contribution >= 0.6 is 11.6 Å². The number of nitrogens with two attached hydrogens (primary N) is 1. The van der Waals surface area contributed by atoms with Crippen LogP contribution in [-0.4, -0.2) is 36.2 Å². The van der Waals surface area contributed by atoms with Crippen LogP contribution < -0.4 is 5.73 Å². The Morgan fingerprint density at radius 3 is 2.78 bits per heavy atom. The Morgan fingerprint density at radius 1 is 1.56 bits per heavy atom. The van der Waals surface area contributed by atoms with E-state index in [4.69, 9.17) is 26.8 Å². The highest BCUT2D eigenvalue weighted by molar-refractivity contribution is 6.31. The number of aromatic nitrogens is 2. The third kappa shape index (κ3) is 2.28. The zero-order valence-electron chi connectivity index (χ0n) is 10.9. The molecule has 1 unspecified atom stereocenters. The summed E-state index contributed by atoms with van der Waals surface area (Å²) >= 11 is 6.20. The van der Waals surface area contributed by atoms with Crippen LogP contribution in [0, 0.1) is 0 Å². The Kier molecular flexibility index (Phi) is 4.27. The van der Waals surface area contributed by atoms with Crippen molar-refractivity contribution in [1.82, 2.24) is 9.78 Å². The highest BCUT2D eigenvalue weighted by atomic mass is 35.5. The molecule has 0 radical (unpaired) electrons. The van der Waals surface area contributed by atoms with Gasteiger partial charge in [-0.25, -0.2) is 0 Å². The summed E-state index contributed by atoms with van der Waals surface area (Å²) in [6.07, 6.45) is 4.71. The van der Waals surface area contributed by atoms with Crippen LogP contribution in [0.25, 0.3) is 0 Å². The van der Waals surface area contributed by atoms with Crippen molar-refractivity contribution in [2.75, 3.05) is 20.8 Å². The van der Waals surface area contributed by atoms with Gasteiger partial charge in [0.15, 0.2) is 0 Å². The molecular weight excluding hydrogens is 254 g/mol. The molecule has 2 rings (SSSR count). The SMILES string of the molecule is COCCn1ncc(Cl)c1C(N)C1(OC)CCC1. The lowest BCUT2D eigenvalue weighted by atomic mass is 9.73. The second kappa shape index (κ2) is 5.57. The summed E-state index contributed by atoms with van der Waals surface area (Å²) in [6, 6.07) is -0.247. The highest BCUT2D eigenvalue weighted by Gasteiger charge is 2.45. The van der Waals surface area contributed by atoms with Crippen LogP contribution in [0.4, 0.5) is 0 Å². The van der Waals surface area contributed by atoms with Crippen molar-refractivity contribution in [3.8, 4) is 0 Å². The van der Waals surface area contributed by atoms with Crippen molar-refractivity contribution < 1.29 is 9.47 Å². The molecule has 0 spiro atoms. The van der Waals surface area contributed by atoms with Gasteiger partial charge in [-0.3, -0.25) is 4.68 Å². The molecule has 1 aromatic heterocycles. The highest BCUT2D eigenvalue weighted by Crippen LogP contribution is 2.44. The van der Waals surface area contributed by atoms with Gasteiger partial charge >= 0.3 is 0 Å². The maximum absolute atomic E-state index is 6.35. The van der Waals surface area contributed by atoms with Gasteiger partial charge < -0.3 is 15.2 Å². The Labute approximate surface area is 112 Å². The number of nitrogens with zero attached hydrogens (tertiary/aromatic N) is 2. The second-order valence-corrected chi connectivity index (χ2v) is 5.10. The molecule has 0 aromatic carbocycles. The van der Waals surface area contributed by atoms with Crippen LogP contribution in [0.3, 0.4) is 0 Å². The summed E-state index contributed by atoms with van der Waals surface area (Å²) in [6.45, 7) is 1.23. The summed E-state index contributed by atoms with van der Waals surface area (Å²) in [5.74, 6) is 0.